The van der Waals surface area contributed by atoms with Crippen LogP contribution >= 0.6 is 11.8 Å². The molecular formula is C18H14FNO2S2. The van der Waals surface area contributed by atoms with Gasteiger partial charge in [0.05, 0.1) is 5.69 Å². The third-order valence-corrected chi connectivity index (χ3v) is 5.71. The van der Waals surface area contributed by atoms with Gasteiger partial charge in [0.15, 0.2) is 0 Å². The molecule has 0 unspecified atom stereocenters. The maximum Gasteiger partial charge on any atom is 0.264 e. The normalized spacial score (nSPS) is 11.2. The van der Waals surface area contributed by atoms with E-state index in [2.05, 4.69) is 4.72 Å². The van der Waals surface area contributed by atoms with E-state index in [4.69, 9.17) is 0 Å². The summed E-state index contributed by atoms with van der Waals surface area (Å²) in [6.45, 7) is 0. The van der Waals surface area contributed by atoms with Gasteiger partial charge in [0.1, 0.15) is 10.7 Å². The van der Waals surface area contributed by atoms with E-state index < -0.39 is 15.8 Å². The van der Waals surface area contributed by atoms with Crippen molar-refractivity contribution in [2.75, 3.05) is 4.72 Å². The summed E-state index contributed by atoms with van der Waals surface area (Å²) in [5.41, 5.74) is 0.412. The van der Waals surface area contributed by atoms with Crippen LogP contribution in [0.15, 0.2) is 93.5 Å². The zero-order valence-corrected chi connectivity index (χ0v) is 14.1. The maximum atomic E-state index is 13.8. The van der Waals surface area contributed by atoms with Crippen molar-refractivity contribution in [1.29, 1.82) is 0 Å². The zero-order valence-electron chi connectivity index (χ0n) is 12.5. The molecule has 0 saturated heterocycles. The van der Waals surface area contributed by atoms with Gasteiger partial charge in [-0.25, -0.2) is 12.8 Å². The Balaban J connectivity index is 1.92. The van der Waals surface area contributed by atoms with Gasteiger partial charge in [-0.2, -0.15) is 0 Å². The SMILES string of the molecule is O=S(=O)(Nc1ccccc1Sc1ccccc1)c1ccccc1F. The van der Waals surface area contributed by atoms with Gasteiger partial charge in [-0.3, -0.25) is 4.72 Å². The molecule has 0 aliphatic carbocycles. The molecule has 0 radical (unpaired) electrons. The molecule has 3 aromatic rings. The molecule has 0 bridgehead atoms. The monoisotopic (exact) mass is 359 g/mol. The van der Waals surface area contributed by atoms with E-state index in [1.165, 1.54) is 30.0 Å². The highest BCUT2D eigenvalue weighted by molar-refractivity contribution is 7.99. The molecular weight excluding hydrogens is 345 g/mol. The minimum absolute atomic E-state index is 0.371. The van der Waals surface area contributed by atoms with Crippen LogP contribution in [0.2, 0.25) is 0 Å². The lowest BCUT2D eigenvalue weighted by Crippen LogP contribution is -2.15. The number of benzene rings is 3. The summed E-state index contributed by atoms with van der Waals surface area (Å²) in [7, 11) is -4.00. The summed E-state index contributed by atoms with van der Waals surface area (Å²) in [5.74, 6) is -0.779. The Kier molecular flexibility index (Phi) is 4.87. The van der Waals surface area contributed by atoms with Gasteiger partial charge in [-0.1, -0.05) is 54.2 Å². The highest BCUT2D eigenvalue weighted by Gasteiger charge is 2.19. The second-order valence-electron chi connectivity index (χ2n) is 4.95. The molecule has 0 fully saturated rings. The van der Waals surface area contributed by atoms with Crippen LogP contribution in [0.5, 0.6) is 0 Å². The lowest BCUT2D eigenvalue weighted by molar-refractivity contribution is 0.570. The second-order valence-corrected chi connectivity index (χ2v) is 7.71. The van der Waals surface area contributed by atoms with Crippen molar-refractivity contribution in [3.8, 4) is 0 Å². The molecule has 0 atom stereocenters. The Labute approximate surface area is 144 Å². The fraction of sp³-hybridized carbons (Fsp3) is 0. The fourth-order valence-electron chi connectivity index (χ4n) is 2.12. The lowest BCUT2D eigenvalue weighted by Gasteiger charge is -2.12. The van der Waals surface area contributed by atoms with Crippen molar-refractivity contribution in [2.45, 2.75) is 14.7 Å². The second kappa shape index (κ2) is 7.07. The quantitative estimate of drug-likeness (QED) is 0.713. The molecule has 3 nitrogen and oxygen atoms in total. The number of nitrogens with one attached hydrogen (secondary N) is 1. The van der Waals surface area contributed by atoms with Crippen LogP contribution in [0.1, 0.15) is 0 Å². The average Bonchev–Trinajstić information content (AvgIpc) is 2.57. The minimum atomic E-state index is -4.00. The standard InChI is InChI=1S/C18H14FNO2S2/c19-15-10-4-7-13-18(15)24(21,22)20-16-11-5-6-12-17(16)23-14-8-2-1-3-9-14/h1-13,20H. The first-order valence-corrected chi connectivity index (χ1v) is 9.45. The molecule has 0 saturated carbocycles. The molecule has 3 rings (SSSR count). The highest BCUT2D eigenvalue weighted by atomic mass is 32.2. The van der Waals surface area contributed by atoms with Crippen molar-refractivity contribution >= 4 is 27.5 Å². The molecule has 3 aromatic carbocycles. The minimum Gasteiger partial charge on any atom is -0.278 e. The average molecular weight is 359 g/mol. The summed E-state index contributed by atoms with van der Waals surface area (Å²) >= 11 is 1.43. The van der Waals surface area contributed by atoms with E-state index in [-0.39, 0.29) is 4.90 Å². The summed E-state index contributed by atoms with van der Waals surface area (Å²) in [5, 5.41) is 0. The Hall–Kier alpha value is -2.31. The lowest BCUT2D eigenvalue weighted by atomic mass is 10.3. The molecule has 1 N–H and O–H groups in total. The van der Waals surface area contributed by atoms with Crippen molar-refractivity contribution in [3.05, 3.63) is 84.7 Å². The van der Waals surface area contributed by atoms with Crippen LogP contribution in [-0.4, -0.2) is 8.42 Å². The van der Waals surface area contributed by atoms with Crippen molar-refractivity contribution in [3.63, 3.8) is 0 Å². The van der Waals surface area contributed by atoms with E-state index in [0.29, 0.717) is 5.69 Å². The Bertz CT molecular complexity index is 944. The smallest absolute Gasteiger partial charge is 0.264 e. The van der Waals surface area contributed by atoms with Crippen LogP contribution in [0.3, 0.4) is 0 Å². The first kappa shape index (κ1) is 16.5. The van der Waals surface area contributed by atoms with E-state index in [9.17, 15) is 12.8 Å². The topological polar surface area (TPSA) is 46.2 Å². The number of hydrogen-bond acceptors (Lipinski definition) is 3. The number of halogens is 1. The van der Waals surface area contributed by atoms with E-state index in [0.717, 1.165) is 15.9 Å². The van der Waals surface area contributed by atoms with Gasteiger partial charge < -0.3 is 0 Å². The fourth-order valence-corrected chi connectivity index (χ4v) is 4.27. The molecule has 0 heterocycles. The van der Waals surface area contributed by atoms with Gasteiger partial charge in [0, 0.05) is 9.79 Å². The van der Waals surface area contributed by atoms with Crippen LogP contribution in [0, 0.1) is 5.82 Å². The number of rotatable bonds is 5. The summed E-state index contributed by atoms with van der Waals surface area (Å²) in [6, 6.07) is 21.9. The van der Waals surface area contributed by atoms with Gasteiger partial charge in [-0.05, 0) is 36.4 Å². The van der Waals surface area contributed by atoms with E-state index in [1.54, 1.807) is 12.1 Å². The molecule has 0 spiro atoms. The van der Waals surface area contributed by atoms with E-state index in [1.807, 2.05) is 42.5 Å². The molecule has 24 heavy (non-hydrogen) atoms. The third-order valence-electron chi connectivity index (χ3n) is 3.23. The predicted octanol–water partition coefficient (Wildman–Crippen LogP) is 4.78. The van der Waals surface area contributed by atoms with Gasteiger partial charge >= 0.3 is 0 Å². The Morgan fingerprint density at radius 3 is 2.17 bits per heavy atom. The molecule has 6 heteroatoms. The predicted molar refractivity (Wildman–Crippen MR) is 94.2 cm³/mol. The molecule has 122 valence electrons. The number of para-hydroxylation sites is 1. The first-order chi connectivity index (χ1) is 11.6. The van der Waals surface area contributed by atoms with Crippen LogP contribution in [-0.2, 0) is 10.0 Å². The van der Waals surface area contributed by atoms with Crippen LogP contribution in [0.4, 0.5) is 10.1 Å². The summed E-state index contributed by atoms with van der Waals surface area (Å²) in [4.78, 5) is 1.35. The van der Waals surface area contributed by atoms with Gasteiger partial charge in [0.2, 0.25) is 0 Å². The molecule has 0 amide bonds. The highest BCUT2D eigenvalue weighted by Crippen LogP contribution is 2.34. The van der Waals surface area contributed by atoms with Crippen molar-refractivity contribution < 1.29 is 12.8 Å². The number of sulfonamides is 1. The summed E-state index contributed by atoms with van der Waals surface area (Å²) < 4.78 is 41.2. The van der Waals surface area contributed by atoms with Gasteiger partial charge in [0.25, 0.3) is 10.0 Å². The molecule has 0 aromatic heterocycles. The Morgan fingerprint density at radius 2 is 1.42 bits per heavy atom. The van der Waals surface area contributed by atoms with E-state index >= 15 is 0 Å². The van der Waals surface area contributed by atoms with Gasteiger partial charge in [-0.15, -0.1) is 0 Å². The largest absolute Gasteiger partial charge is 0.278 e. The number of anilines is 1. The van der Waals surface area contributed by atoms with Crippen LogP contribution in [0.25, 0.3) is 0 Å². The van der Waals surface area contributed by atoms with Crippen molar-refractivity contribution in [2.24, 2.45) is 0 Å². The Morgan fingerprint density at radius 1 is 0.792 bits per heavy atom. The van der Waals surface area contributed by atoms with Crippen molar-refractivity contribution in [1.82, 2.24) is 0 Å². The molecule has 0 aliphatic rings. The zero-order chi connectivity index (χ0) is 17.0. The number of hydrogen-bond donors (Lipinski definition) is 1. The molecule has 0 aliphatic heterocycles. The first-order valence-electron chi connectivity index (χ1n) is 7.15. The van der Waals surface area contributed by atoms with Crippen LogP contribution < -0.4 is 4.72 Å². The maximum absolute atomic E-state index is 13.8. The summed E-state index contributed by atoms with van der Waals surface area (Å²) in [6.07, 6.45) is 0. The third kappa shape index (κ3) is 3.77.